The topological polar surface area (TPSA) is 44.0 Å². The zero-order valence-corrected chi connectivity index (χ0v) is 11.8. The number of nitrogens with zero attached hydrogens (tertiary/aromatic N) is 2. The quantitative estimate of drug-likeness (QED) is 0.913. The van der Waals surface area contributed by atoms with Crippen LogP contribution >= 0.6 is 11.6 Å². The Labute approximate surface area is 122 Å². The molecule has 1 aliphatic rings. The van der Waals surface area contributed by atoms with Crippen molar-refractivity contribution < 1.29 is 4.39 Å². The second kappa shape index (κ2) is 5.91. The van der Waals surface area contributed by atoms with Gasteiger partial charge in [0.2, 0.25) is 0 Å². The Morgan fingerprint density at radius 3 is 2.80 bits per heavy atom. The van der Waals surface area contributed by atoms with Gasteiger partial charge < -0.3 is 10.3 Å². The third-order valence-electron chi connectivity index (χ3n) is 3.37. The number of benzene rings is 1. The molecule has 1 aromatic heterocycles. The van der Waals surface area contributed by atoms with E-state index in [2.05, 4.69) is 20.2 Å². The van der Waals surface area contributed by atoms with Gasteiger partial charge in [-0.25, -0.2) is 9.37 Å². The maximum atomic E-state index is 13.4. The molecule has 0 bridgehead atoms. The molecule has 0 amide bonds. The third kappa shape index (κ3) is 3.17. The van der Waals surface area contributed by atoms with Crippen LogP contribution in [0.5, 0.6) is 0 Å². The van der Waals surface area contributed by atoms with E-state index < -0.39 is 0 Å². The number of piperazine rings is 1. The van der Waals surface area contributed by atoms with Gasteiger partial charge in [0.05, 0.1) is 0 Å². The lowest BCUT2D eigenvalue weighted by Crippen LogP contribution is -2.42. The summed E-state index contributed by atoms with van der Waals surface area (Å²) in [6.45, 7) is 4.92. The van der Waals surface area contributed by atoms with E-state index in [0.29, 0.717) is 16.4 Å². The van der Waals surface area contributed by atoms with Crippen LogP contribution in [0.25, 0.3) is 11.4 Å². The molecule has 1 saturated heterocycles. The molecule has 0 saturated carbocycles. The van der Waals surface area contributed by atoms with Gasteiger partial charge in [0.1, 0.15) is 11.6 Å². The lowest BCUT2D eigenvalue weighted by molar-refractivity contribution is 0.231. The Bertz CT molecular complexity index is 572. The van der Waals surface area contributed by atoms with E-state index in [4.69, 9.17) is 11.6 Å². The largest absolute Gasteiger partial charge is 0.341 e. The summed E-state index contributed by atoms with van der Waals surface area (Å²) in [5.74, 6) is 0.295. The second-order valence-corrected chi connectivity index (χ2v) is 5.38. The standard InChI is InChI=1S/C14H16ClFN4/c15-11-5-10(6-12(16)7-11)14-18-8-13(19-14)9-20-3-1-17-2-4-20/h5-8,17H,1-4,9H2,(H,18,19). The van der Waals surface area contributed by atoms with Crippen molar-refractivity contribution in [3.63, 3.8) is 0 Å². The Morgan fingerprint density at radius 1 is 1.25 bits per heavy atom. The molecular formula is C14H16ClFN4. The first kappa shape index (κ1) is 13.5. The fourth-order valence-corrected chi connectivity index (χ4v) is 2.61. The summed E-state index contributed by atoms with van der Waals surface area (Å²) in [5.41, 5.74) is 1.70. The van der Waals surface area contributed by atoms with Gasteiger partial charge in [-0.1, -0.05) is 11.6 Å². The van der Waals surface area contributed by atoms with E-state index in [1.807, 2.05) is 0 Å². The van der Waals surface area contributed by atoms with Gasteiger partial charge >= 0.3 is 0 Å². The number of halogens is 2. The molecule has 0 unspecified atom stereocenters. The molecule has 4 nitrogen and oxygen atoms in total. The van der Waals surface area contributed by atoms with E-state index in [1.54, 1.807) is 12.3 Å². The van der Waals surface area contributed by atoms with Gasteiger partial charge in [-0.3, -0.25) is 4.90 Å². The molecule has 1 aromatic carbocycles. The maximum Gasteiger partial charge on any atom is 0.137 e. The lowest BCUT2D eigenvalue weighted by Gasteiger charge is -2.26. The zero-order chi connectivity index (χ0) is 13.9. The summed E-state index contributed by atoms with van der Waals surface area (Å²) in [6.07, 6.45) is 1.80. The molecule has 1 fully saturated rings. The minimum Gasteiger partial charge on any atom is -0.341 e. The number of H-pyrrole nitrogens is 1. The number of rotatable bonds is 3. The van der Waals surface area contributed by atoms with Gasteiger partial charge in [0.25, 0.3) is 0 Å². The van der Waals surface area contributed by atoms with Crippen molar-refractivity contribution in [1.82, 2.24) is 20.2 Å². The van der Waals surface area contributed by atoms with Crippen LogP contribution < -0.4 is 5.32 Å². The molecular weight excluding hydrogens is 279 g/mol. The molecule has 3 rings (SSSR count). The Morgan fingerprint density at radius 2 is 2.05 bits per heavy atom. The summed E-state index contributed by atoms with van der Waals surface area (Å²) in [4.78, 5) is 9.90. The van der Waals surface area contributed by atoms with Gasteiger partial charge in [-0.05, 0) is 18.2 Å². The zero-order valence-electron chi connectivity index (χ0n) is 11.0. The van der Waals surface area contributed by atoms with Crippen molar-refractivity contribution in [2.75, 3.05) is 26.2 Å². The maximum absolute atomic E-state index is 13.4. The molecule has 106 valence electrons. The number of hydrogen-bond acceptors (Lipinski definition) is 3. The molecule has 6 heteroatoms. The summed E-state index contributed by atoms with van der Waals surface area (Å²) in [6, 6.07) is 4.42. The molecule has 1 aliphatic heterocycles. The Balaban J connectivity index is 1.75. The molecule has 0 atom stereocenters. The number of imidazole rings is 1. The monoisotopic (exact) mass is 294 g/mol. The average molecular weight is 295 g/mol. The highest BCUT2D eigenvalue weighted by atomic mass is 35.5. The Kier molecular flexibility index (Phi) is 4.00. The first-order valence-corrected chi connectivity index (χ1v) is 7.02. The highest BCUT2D eigenvalue weighted by Crippen LogP contribution is 2.22. The summed E-state index contributed by atoms with van der Waals surface area (Å²) >= 11 is 5.87. The number of nitrogens with one attached hydrogen (secondary N) is 2. The lowest BCUT2D eigenvalue weighted by atomic mass is 10.2. The van der Waals surface area contributed by atoms with Crippen molar-refractivity contribution in [3.05, 3.63) is 40.9 Å². The molecule has 20 heavy (non-hydrogen) atoms. The van der Waals surface area contributed by atoms with E-state index in [-0.39, 0.29) is 5.82 Å². The summed E-state index contributed by atoms with van der Waals surface area (Å²) in [5, 5.41) is 3.70. The van der Waals surface area contributed by atoms with Crippen molar-refractivity contribution in [3.8, 4) is 11.4 Å². The van der Waals surface area contributed by atoms with E-state index in [9.17, 15) is 4.39 Å². The second-order valence-electron chi connectivity index (χ2n) is 4.94. The van der Waals surface area contributed by atoms with Crippen LogP contribution in [0.15, 0.2) is 24.4 Å². The molecule has 0 radical (unpaired) electrons. The van der Waals surface area contributed by atoms with Crippen LogP contribution in [-0.2, 0) is 6.54 Å². The molecule has 0 spiro atoms. The van der Waals surface area contributed by atoms with Crippen LogP contribution in [-0.4, -0.2) is 41.0 Å². The molecule has 2 heterocycles. The van der Waals surface area contributed by atoms with Gasteiger partial charge in [0.15, 0.2) is 0 Å². The smallest absolute Gasteiger partial charge is 0.137 e. The van der Waals surface area contributed by atoms with Crippen molar-refractivity contribution in [2.24, 2.45) is 0 Å². The van der Waals surface area contributed by atoms with Crippen LogP contribution in [0.2, 0.25) is 5.02 Å². The highest BCUT2D eigenvalue weighted by Gasteiger charge is 2.12. The fraction of sp³-hybridized carbons (Fsp3) is 0.357. The SMILES string of the molecule is Fc1cc(Cl)cc(-c2ncc(CN3CCNCC3)[nH]2)c1. The van der Waals surface area contributed by atoms with Crippen molar-refractivity contribution >= 4 is 11.6 Å². The van der Waals surface area contributed by atoms with Crippen LogP contribution in [0.1, 0.15) is 5.69 Å². The first-order chi connectivity index (χ1) is 9.70. The normalized spacial score (nSPS) is 16.5. The predicted molar refractivity (Wildman–Crippen MR) is 77.1 cm³/mol. The molecule has 2 aromatic rings. The number of hydrogen-bond donors (Lipinski definition) is 2. The summed E-state index contributed by atoms with van der Waals surface area (Å²) < 4.78 is 13.4. The van der Waals surface area contributed by atoms with E-state index in [1.165, 1.54) is 12.1 Å². The number of aromatic nitrogens is 2. The fourth-order valence-electron chi connectivity index (χ4n) is 2.39. The van der Waals surface area contributed by atoms with Crippen molar-refractivity contribution in [2.45, 2.75) is 6.54 Å². The Hall–Kier alpha value is -1.43. The average Bonchev–Trinajstić information content (AvgIpc) is 2.87. The first-order valence-electron chi connectivity index (χ1n) is 6.64. The van der Waals surface area contributed by atoms with E-state index >= 15 is 0 Å². The van der Waals surface area contributed by atoms with Crippen LogP contribution in [0, 0.1) is 5.82 Å². The highest BCUT2D eigenvalue weighted by molar-refractivity contribution is 6.30. The minimum absolute atomic E-state index is 0.354. The van der Waals surface area contributed by atoms with Crippen LogP contribution in [0.3, 0.4) is 0 Å². The number of aromatic amines is 1. The third-order valence-corrected chi connectivity index (χ3v) is 3.59. The van der Waals surface area contributed by atoms with Crippen molar-refractivity contribution in [1.29, 1.82) is 0 Å². The minimum atomic E-state index is -0.354. The molecule has 0 aliphatic carbocycles. The van der Waals surface area contributed by atoms with Gasteiger partial charge in [-0.2, -0.15) is 0 Å². The van der Waals surface area contributed by atoms with Gasteiger partial charge in [0, 0.05) is 55.2 Å². The van der Waals surface area contributed by atoms with Crippen LogP contribution in [0.4, 0.5) is 4.39 Å². The van der Waals surface area contributed by atoms with E-state index in [0.717, 1.165) is 38.4 Å². The molecule has 2 N–H and O–H groups in total. The predicted octanol–water partition coefficient (Wildman–Crippen LogP) is 2.27. The summed E-state index contributed by atoms with van der Waals surface area (Å²) in [7, 11) is 0. The van der Waals surface area contributed by atoms with Gasteiger partial charge in [-0.15, -0.1) is 0 Å².